The van der Waals surface area contributed by atoms with E-state index < -0.39 is 0 Å². The van der Waals surface area contributed by atoms with Gasteiger partial charge in [-0.25, -0.2) is 4.98 Å². The second-order valence-electron chi connectivity index (χ2n) is 5.47. The van der Waals surface area contributed by atoms with E-state index in [2.05, 4.69) is 49.1 Å². The largest absolute Gasteiger partial charge is 0.383 e. The average Bonchev–Trinajstić information content (AvgIpc) is 2.44. The molecule has 2 atom stereocenters. The standard InChI is InChI=1S/C15H29N5/c1-6-15(5,20(7-2)8-3)13(19-17)12-9-11(4)10-18-14(12)16/h9-10,13,19H,6-8,17H2,1-5H3,(H2,16,18). The Labute approximate surface area is 122 Å². The first kappa shape index (κ1) is 16.9. The van der Waals surface area contributed by atoms with Crippen molar-refractivity contribution in [1.29, 1.82) is 0 Å². The van der Waals surface area contributed by atoms with Crippen LogP contribution in [0.25, 0.3) is 0 Å². The molecule has 5 nitrogen and oxygen atoms in total. The maximum Gasteiger partial charge on any atom is 0.128 e. The van der Waals surface area contributed by atoms with Gasteiger partial charge < -0.3 is 5.73 Å². The minimum Gasteiger partial charge on any atom is -0.383 e. The highest BCUT2D eigenvalue weighted by Gasteiger charge is 2.38. The second-order valence-corrected chi connectivity index (χ2v) is 5.47. The Morgan fingerprint density at radius 2 is 1.95 bits per heavy atom. The van der Waals surface area contributed by atoms with Crippen molar-refractivity contribution >= 4 is 5.82 Å². The Bertz CT molecular complexity index is 430. The molecule has 1 aromatic rings. The fourth-order valence-corrected chi connectivity index (χ4v) is 2.99. The number of pyridine rings is 1. The molecule has 0 spiro atoms. The first-order valence-electron chi connectivity index (χ1n) is 7.37. The third kappa shape index (κ3) is 3.11. The van der Waals surface area contributed by atoms with Gasteiger partial charge in [-0.05, 0) is 45.0 Å². The zero-order valence-corrected chi connectivity index (χ0v) is 13.4. The molecule has 0 amide bonds. The lowest BCUT2D eigenvalue weighted by Gasteiger charge is -2.45. The number of hydrogen-bond acceptors (Lipinski definition) is 5. The minimum absolute atomic E-state index is 0.0557. The monoisotopic (exact) mass is 279 g/mol. The zero-order chi connectivity index (χ0) is 15.3. The molecule has 5 heteroatoms. The fourth-order valence-electron chi connectivity index (χ4n) is 2.99. The van der Waals surface area contributed by atoms with Gasteiger partial charge in [0.1, 0.15) is 5.82 Å². The van der Waals surface area contributed by atoms with E-state index in [0.717, 1.165) is 30.6 Å². The number of rotatable bonds is 7. The Hall–Kier alpha value is -1.17. The van der Waals surface area contributed by atoms with Crippen LogP contribution in [0.4, 0.5) is 5.82 Å². The van der Waals surface area contributed by atoms with Crippen molar-refractivity contribution in [3.63, 3.8) is 0 Å². The molecule has 0 bridgehead atoms. The van der Waals surface area contributed by atoms with E-state index in [1.807, 2.05) is 6.92 Å². The van der Waals surface area contributed by atoms with Crippen molar-refractivity contribution in [1.82, 2.24) is 15.3 Å². The molecular formula is C15H29N5. The summed E-state index contributed by atoms with van der Waals surface area (Å²) < 4.78 is 0. The first-order valence-corrected chi connectivity index (χ1v) is 7.37. The number of nitrogens with two attached hydrogens (primary N) is 2. The summed E-state index contributed by atoms with van der Waals surface area (Å²) in [6.45, 7) is 12.7. The summed E-state index contributed by atoms with van der Waals surface area (Å²) in [6.07, 6.45) is 2.75. The smallest absolute Gasteiger partial charge is 0.128 e. The van der Waals surface area contributed by atoms with Gasteiger partial charge in [0.05, 0.1) is 6.04 Å². The number of nitrogen functional groups attached to an aromatic ring is 1. The molecule has 0 aliphatic rings. The maximum absolute atomic E-state index is 6.08. The van der Waals surface area contributed by atoms with Gasteiger partial charge in [-0.2, -0.15) is 0 Å². The van der Waals surface area contributed by atoms with E-state index in [9.17, 15) is 0 Å². The van der Waals surface area contributed by atoms with Gasteiger partial charge in [-0.1, -0.05) is 20.8 Å². The third-order valence-corrected chi connectivity index (χ3v) is 4.39. The van der Waals surface area contributed by atoms with E-state index in [1.54, 1.807) is 6.20 Å². The Balaban J connectivity index is 3.31. The van der Waals surface area contributed by atoms with Gasteiger partial charge in [-0.15, -0.1) is 0 Å². The predicted molar refractivity (Wildman–Crippen MR) is 85.1 cm³/mol. The molecule has 0 saturated heterocycles. The van der Waals surface area contributed by atoms with Crippen molar-refractivity contribution < 1.29 is 0 Å². The van der Waals surface area contributed by atoms with Crippen LogP contribution >= 0.6 is 0 Å². The first-order chi connectivity index (χ1) is 9.44. The maximum atomic E-state index is 6.08. The van der Waals surface area contributed by atoms with Crippen molar-refractivity contribution in [3.8, 4) is 0 Å². The van der Waals surface area contributed by atoms with Crippen LogP contribution in [0.3, 0.4) is 0 Å². The summed E-state index contributed by atoms with van der Waals surface area (Å²) in [5.74, 6) is 6.42. The van der Waals surface area contributed by atoms with E-state index in [0.29, 0.717) is 5.82 Å². The molecule has 0 aliphatic heterocycles. The molecule has 1 heterocycles. The van der Waals surface area contributed by atoms with Crippen molar-refractivity contribution in [2.24, 2.45) is 5.84 Å². The normalized spacial score (nSPS) is 16.1. The highest BCUT2D eigenvalue weighted by atomic mass is 15.3. The fraction of sp³-hybridized carbons (Fsp3) is 0.667. The predicted octanol–water partition coefficient (Wildman–Crippen LogP) is 1.99. The molecule has 0 saturated carbocycles. The van der Waals surface area contributed by atoms with Crippen LogP contribution in [0, 0.1) is 6.92 Å². The van der Waals surface area contributed by atoms with Crippen LogP contribution < -0.4 is 17.0 Å². The Morgan fingerprint density at radius 3 is 2.40 bits per heavy atom. The van der Waals surface area contributed by atoms with Crippen LogP contribution in [0.15, 0.2) is 12.3 Å². The summed E-state index contributed by atoms with van der Waals surface area (Å²) in [5, 5.41) is 0. The molecule has 0 fully saturated rings. The third-order valence-electron chi connectivity index (χ3n) is 4.39. The summed E-state index contributed by atoms with van der Waals surface area (Å²) in [4.78, 5) is 6.69. The number of anilines is 1. The quantitative estimate of drug-likeness (QED) is 0.525. The molecule has 0 radical (unpaired) electrons. The topological polar surface area (TPSA) is 80.2 Å². The molecule has 5 N–H and O–H groups in total. The lowest BCUT2D eigenvalue weighted by molar-refractivity contribution is 0.0700. The molecule has 0 aliphatic carbocycles. The number of nitrogens with one attached hydrogen (secondary N) is 1. The molecule has 0 aromatic carbocycles. The van der Waals surface area contributed by atoms with Gasteiger partial charge in [0, 0.05) is 17.3 Å². The number of aryl methyl sites for hydroxylation is 1. The lowest BCUT2D eigenvalue weighted by atomic mass is 9.83. The summed E-state index contributed by atoms with van der Waals surface area (Å²) >= 11 is 0. The van der Waals surface area contributed by atoms with Gasteiger partial charge in [-0.3, -0.25) is 16.2 Å². The molecule has 1 rings (SSSR count). The van der Waals surface area contributed by atoms with Crippen molar-refractivity contribution in [3.05, 3.63) is 23.4 Å². The zero-order valence-electron chi connectivity index (χ0n) is 13.4. The molecule has 2 unspecified atom stereocenters. The number of aromatic nitrogens is 1. The number of likely N-dealkylation sites (N-methyl/N-ethyl adjacent to an activating group) is 1. The Morgan fingerprint density at radius 1 is 1.35 bits per heavy atom. The van der Waals surface area contributed by atoms with E-state index in [1.165, 1.54) is 0 Å². The van der Waals surface area contributed by atoms with Crippen molar-refractivity contribution in [2.75, 3.05) is 18.8 Å². The second kappa shape index (κ2) is 7.02. The molecule has 20 heavy (non-hydrogen) atoms. The van der Waals surface area contributed by atoms with E-state index in [-0.39, 0.29) is 11.6 Å². The van der Waals surface area contributed by atoms with Gasteiger partial charge in [0.15, 0.2) is 0 Å². The average molecular weight is 279 g/mol. The SMILES string of the molecule is CCN(CC)C(C)(CC)C(NN)c1cc(C)cnc1N. The lowest BCUT2D eigenvalue weighted by Crippen LogP contribution is -2.55. The summed E-state index contributed by atoms with van der Waals surface area (Å²) in [5.41, 5.74) is 11.0. The van der Waals surface area contributed by atoms with Crippen LogP contribution in [-0.4, -0.2) is 28.5 Å². The van der Waals surface area contributed by atoms with Crippen LogP contribution in [0.1, 0.15) is 51.3 Å². The van der Waals surface area contributed by atoms with E-state index >= 15 is 0 Å². The Kier molecular flexibility index (Phi) is 5.92. The number of hydrazine groups is 1. The molecular weight excluding hydrogens is 250 g/mol. The highest BCUT2D eigenvalue weighted by Crippen LogP contribution is 2.35. The van der Waals surface area contributed by atoms with Gasteiger partial charge >= 0.3 is 0 Å². The van der Waals surface area contributed by atoms with Crippen LogP contribution in [0.5, 0.6) is 0 Å². The van der Waals surface area contributed by atoms with E-state index in [4.69, 9.17) is 11.6 Å². The van der Waals surface area contributed by atoms with Gasteiger partial charge in [0.2, 0.25) is 0 Å². The summed E-state index contributed by atoms with van der Waals surface area (Å²) in [6, 6.07) is 2.02. The van der Waals surface area contributed by atoms with Crippen LogP contribution in [0.2, 0.25) is 0 Å². The summed E-state index contributed by atoms with van der Waals surface area (Å²) in [7, 11) is 0. The molecule has 114 valence electrons. The van der Waals surface area contributed by atoms with Gasteiger partial charge in [0.25, 0.3) is 0 Å². The number of hydrogen-bond donors (Lipinski definition) is 3. The van der Waals surface area contributed by atoms with Crippen LogP contribution in [-0.2, 0) is 0 Å². The minimum atomic E-state index is -0.109. The highest BCUT2D eigenvalue weighted by molar-refractivity contribution is 5.44. The number of nitrogens with zero attached hydrogens (tertiary/aromatic N) is 2. The molecule has 1 aromatic heterocycles. The van der Waals surface area contributed by atoms with Crippen molar-refractivity contribution in [2.45, 2.75) is 52.6 Å².